The second kappa shape index (κ2) is 10.5. The molecule has 26 heavy (non-hydrogen) atoms. The van der Waals surface area contributed by atoms with E-state index in [0.29, 0.717) is 6.54 Å². The number of carbonyl (C=O) groups excluding carboxylic acids is 1. The molecule has 1 unspecified atom stereocenters. The molecule has 0 spiro atoms. The Bertz CT molecular complexity index is 608. The fourth-order valence-corrected chi connectivity index (χ4v) is 4.64. The third-order valence-corrected chi connectivity index (χ3v) is 5.95. The van der Waals surface area contributed by atoms with Gasteiger partial charge in [0.1, 0.15) is 0 Å². The summed E-state index contributed by atoms with van der Waals surface area (Å²) >= 11 is 1.84. The lowest BCUT2D eigenvalue weighted by molar-refractivity contribution is -0.138. The summed E-state index contributed by atoms with van der Waals surface area (Å²) in [6.45, 7) is 4.95. The van der Waals surface area contributed by atoms with Gasteiger partial charge >= 0.3 is 0 Å². The van der Waals surface area contributed by atoms with E-state index >= 15 is 0 Å². The van der Waals surface area contributed by atoms with Crippen LogP contribution in [0, 0.1) is 12.3 Å². The number of thiophene rings is 1. The Hall–Kier alpha value is -0.830. The Labute approximate surface area is 179 Å². The van der Waals surface area contributed by atoms with Crippen LogP contribution in [0.2, 0.25) is 0 Å². The molecular formula is C19H33IN4OS. The summed E-state index contributed by atoms with van der Waals surface area (Å²) in [5, 5.41) is 6.86. The number of aryl methyl sites for hydroxylation is 1. The number of aliphatic imine (C=N–C) groups is 1. The first-order valence-electron chi connectivity index (χ1n) is 9.10. The molecule has 1 aliphatic rings. The number of carbonyl (C=O) groups is 1. The van der Waals surface area contributed by atoms with E-state index in [0.717, 1.165) is 38.1 Å². The van der Waals surface area contributed by atoms with E-state index in [1.165, 1.54) is 9.75 Å². The molecule has 1 fully saturated rings. The molecule has 1 heterocycles. The number of guanidine groups is 1. The molecule has 0 bridgehead atoms. The molecule has 7 heteroatoms. The van der Waals surface area contributed by atoms with Crippen molar-refractivity contribution in [1.82, 2.24) is 15.5 Å². The van der Waals surface area contributed by atoms with Crippen molar-refractivity contribution in [3.05, 3.63) is 21.9 Å². The first-order valence-corrected chi connectivity index (χ1v) is 9.92. The van der Waals surface area contributed by atoms with Crippen LogP contribution in [0.5, 0.6) is 0 Å². The van der Waals surface area contributed by atoms with Crippen LogP contribution in [0.4, 0.5) is 0 Å². The second-order valence-corrected chi connectivity index (χ2v) is 8.75. The zero-order chi connectivity index (χ0) is 18.4. The minimum Gasteiger partial charge on any atom is -0.355 e. The fraction of sp³-hybridized carbons (Fsp3) is 0.684. The quantitative estimate of drug-likeness (QED) is 0.364. The van der Waals surface area contributed by atoms with Crippen LogP contribution in [0.25, 0.3) is 0 Å². The molecule has 0 aromatic carbocycles. The molecule has 148 valence electrons. The number of halogens is 1. The van der Waals surface area contributed by atoms with Gasteiger partial charge < -0.3 is 15.5 Å². The summed E-state index contributed by atoms with van der Waals surface area (Å²) in [5.41, 5.74) is -0.283. The van der Waals surface area contributed by atoms with Crippen molar-refractivity contribution in [2.24, 2.45) is 10.4 Å². The Balaban J connectivity index is 0.00000338. The van der Waals surface area contributed by atoms with Crippen LogP contribution in [-0.4, -0.2) is 50.5 Å². The molecule has 0 saturated heterocycles. The zero-order valence-corrected chi connectivity index (χ0v) is 19.7. The highest BCUT2D eigenvalue weighted by molar-refractivity contribution is 14.0. The summed E-state index contributed by atoms with van der Waals surface area (Å²) in [6, 6.07) is 4.64. The van der Waals surface area contributed by atoms with E-state index in [4.69, 9.17) is 0 Å². The van der Waals surface area contributed by atoms with Gasteiger partial charge in [0.05, 0.1) is 5.41 Å². The monoisotopic (exact) mass is 492 g/mol. The predicted octanol–water partition coefficient (Wildman–Crippen LogP) is 3.42. The normalized spacial score (nSPS) is 17.3. The van der Waals surface area contributed by atoms with Gasteiger partial charge in [-0.1, -0.05) is 12.8 Å². The van der Waals surface area contributed by atoms with Crippen LogP contribution in [-0.2, 0) is 11.2 Å². The number of rotatable bonds is 6. The Morgan fingerprint density at radius 3 is 2.50 bits per heavy atom. The Kier molecular flexibility index (Phi) is 9.36. The van der Waals surface area contributed by atoms with Crippen LogP contribution in [0.3, 0.4) is 0 Å². The van der Waals surface area contributed by atoms with Gasteiger partial charge in [0.2, 0.25) is 5.91 Å². The summed E-state index contributed by atoms with van der Waals surface area (Å²) in [6.07, 6.45) is 5.14. The topological polar surface area (TPSA) is 56.7 Å². The van der Waals surface area contributed by atoms with Crippen molar-refractivity contribution >= 4 is 47.2 Å². The predicted molar refractivity (Wildman–Crippen MR) is 122 cm³/mol. The first kappa shape index (κ1) is 23.2. The van der Waals surface area contributed by atoms with Crippen LogP contribution in [0.1, 0.15) is 42.4 Å². The molecule has 0 radical (unpaired) electrons. The van der Waals surface area contributed by atoms with Gasteiger partial charge in [0.25, 0.3) is 0 Å². The molecule has 1 saturated carbocycles. The van der Waals surface area contributed by atoms with Crippen molar-refractivity contribution < 1.29 is 4.79 Å². The highest BCUT2D eigenvalue weighted by Crippen LogP contribution is 2.38. The third kappa shape index (κ3) is 6.11. The van der Waals surface area contributed by atoms with E-state index in [1.54, 1.807) is 11.9 Å². The third-order valence-electron chi connectivity index (χ3n) is 4.92. The zero-order valence-electron chi connectivity index (χ0n) is 16.6. The molecule has 1 atom stereocenters. The van der Waals surface area contributed by atoms with Gasteiger partial charge in [-0.3, -0.25) is 9.79 Å². The number of hydrogen-bond donors (Lipinski definition) is 2. The fourth-order valence-electron chi connectivity index (χ4n) is 3.62. The maximum atomic E-state index is 12.7. The number of nitrogens with zero attached hydrogens (tertiary/aromatic N) is 2. The van der Waals surface area contributed by atoms with Gasteiger partial charge in [0, 0.05) is 49.9 Å². The van der Waals surface area contributed by atoms with Crippen molar-refractivity contribution in [1.29, 1.82) is 0 Å². The lowest BCUT2D eigenvalue weighted by atomic mass is 9.84. The van der Waals surface area contributed by atoms with E-state index in [-0.39, 0.29) is 41.3 Å². The smallest absolute Gasteiger partial charge is 0.230 e. The summed E-state index contributed by atoms with van der Waals surface area (Å²) in [7, 11) is 5.48. The maximum absolute atomic E-state index is 12.7. The minimum atomic E-state index is -0.283. The van der Waals surface area contributed by atoms with Crippen LogP contribution in [0.15, 0.2) is 17.1 Å². The van der Waals surface area contributed by atoms with E-state index in [1.807, 2.05) is 25.4 Å². The molecule has 1 aliphatic carbocycles. The van der Waals surface area contributed by atoms with Gasteiger partial charge in [-0.05, 0) is 38.8 Å². The number of hydrogen-bond acceptors (Lipinski definition) is 3. The maximum Gasteiger partial charge on any atom is 0.230 e. The standard InChI is InChI=1S/C19H32N4OS.HI/c1-14(12-16-9-8-15(2)25-16)22-18(20-3)21-13-19(10-6-7-11-19)17(24)23(4)5;/h8-9,14H,6-7,10-13H2,1-5H3,(H2,20,21,22);1H. The van der Waals surface area contributed by atoms with Gasteiger partial charge in [-0.25, -0.2) is 0 Å². The molecule has 0 aliphatic heterocycles. The van der Waals surface area contributed by atoms with Crippen LogP contribution < -0.4 is 10.6 Å². The average Bonchev–Trinajstić information content (AvgIpc) is 3.20. The van der Waals surface area contributed by atoms with Gasteiger partial charge in [0.15, 0.2) is 5.96 Å². The summed E-state index contributed by atoms with van der Waals surface area (Å²) < 4.78 is 0. The lowest BCUT2D eigenvalue weighted by Crippen LogP contribution is -2.50. The summed E-state index contributed by atoms with van der Waals surface area (Å²) in [5.74, 6) is 1.01. The number of nitrogens with one attached hydrogen (secondary N) is 2. The van der Waals surface area contributed by atoms with Gasteiger partial charge in [-0.15, -0.1) is 35.3 Å². The first-order chi connectivity index (χ1) is 11.9. The molecule has 1 aromatic heterocycles. The molecule has 1 amide bonds. The van der Waals surface area contributed by atoms with Crippen molar-refractivity contribution in [3.63, 3.8) is 0 Å². The van der Waals surface area contributed by atoms with E-state index < -0.39 is 0 Å². The SMILES string of the molecule is CN=C(NCC1(C(=O)N(C)C)CCCC1)NC(C)Cc1ccc(C)s1.I. The average molecular weight is 492 g/mol. The largest absolute Gasteiger partial charge is 0.355 e. The number of amides is 1. The summed E-state index contributed by atoms with van der Waals surface area (Å²) in [4.78, 5) is 21.5. The van der Waals surface area contributed by atoms with Crippen LogP contribution >= 0.6 is 35.3 Å². The minimum absolute atomic E-state index is 0. The highest BCUT2D eigenvalue weighted by atomic mass is 127. The molecular weight excluding hydrogens is 459 g/mol. The molecule has 5 nitrogen and oxygen atoms in total. The Morgan fingerprint density at radius 2 is 2.00 bits per heavy atom. The van der Waals surface area contributed by atoms with Crippen molar-refractivity contribution in [2.75, 3.05) is 27.7 Å². The van der Waals surface area contributed by atoms with Crippen molar-refractivity contribution in [3.8, 4) is 0 Å². The lowest BCUT2D eigenvalue weighted by Gasteiger charge is -2.31. The molecule has 2 rings (SSSR count). The highest BCUT2D eigenvalue weighted by Gasteiger charge is 2.42. The van der Waals surface area contributed by atoms with Gasteiger partial charge in [-0.2, -0.15) is 0 Å². The molecule has 1 aromatic rings. The molecule has 2 N–H and O–H groups in total. The van der Waals surface area contributed by atoms with E-state index in [9.17, 15) is 4.79 Å². The van der Waals surface area contributed by atoms with E-state index in [2.05, 4.69) is 41.6 Å². The second-order valence-electron chi connectivity index (χ2n) is 7.37. The van der Waals surface area contributed by atoms with Crippen molar-refractivity contribution in [2.45, 2.75) is 52.0 Å². The Morgan fingerprint density at radius 1 is 1.35 bits per heavy atom.